The third kappa shape index (κ3) is 3.26. The first-order valence-electron chi connectivity index (χ1n) is 9.33. The van der Waals surface area contributed by atoms with Gasteiger partial charge in [-0.3, -0.25) is 14.5 Å². The Bertz CT molecular complexity index is 929. The lowest BCUT2D eigenvalue weighted by Gasteiger charge is -2.20. The summed E-state index contributed by atoms with van der Waals surface area (Å²) in [7, 11) is 1.58. The Morgan fingerprint density at radius 3 is 2.18 bits per heavy atom. The van der Waals surface area contributed by atoms with E-state index < -0.39 is 0 Å². The highest BCUT2D eigenvalue weighted by Crippen LogP contribution is 2.34. The van der Waals surface area contributed by atoms with E-state index in [-0.39, 0.29) is 24.2 Å². The Morgan fingerprint density at radius 2 is 1.57 bits per heavy atom. The number of likely N-dealkylation sites (tertiary alicyclic amines) is 1. The molecule has 5 nitrogen and oxygen atoms in total. The summed E-state index contributed by atoms with van der Waals surface area (Å²) in [6, 6.07) is 13.0. The van der Waals surface area contributed by atoms with E-state index in [1.54, 1.807) is 43.5 Å². The second kappa shape index (κ2) is 7.46. The van der Waals surface area contributed by atoms with Crippen LogP contribution in [0, 0.1) is 5.82 Å². The molecule has 0 saturated carbocycles. The van der Waals surface area contributed by atoms with E-state index in [0.717, 1.165) is 25.9 Å². The fraction of sp³-hybridized carbons (Fsp3) is 0.273. The lowest BCUT2D eigenvalue weighted by molar-refractivity contribution is -0.138. The molecule has 0 unspecified atom stereocenters. The van der Waals surface area contributed by atoms with Gasteiger partial charge in [0, 0.05) is 13.1 Å². The Balaban J connectivity index is 1.71. The van der Waals surface area contributed by atoms with Crippen molar-refractivity contribution in [1.82, 2.24) is 9.80 Å². The molecule has 0 aliphatic carbocycles. The van der Waals surface area contributed by atoms with Crippen molar-refractivity contribution in [2.24, 2.45) is 0 Å². The second-order valence-electron chi connectivity index (χ2n) is 6.97. The Kier molecular flexibility index (Phi) is 4.86. The number of methoxy groups -OCH3 is 1. The fourth-order valence-electron chi connectivity index (χ4n) is 3.73. The summed E-state index contributed by atoms with van der Waals surface area (Å²) in [6.45, 7) is 1.64. The summed E-state index contributed by atoms with van der Waals surface area (Å²) in [5.74, 6) is -0.270. The zero-order valence-corrected chi connectivity index (χ0v) is 15.7. The molecule has 2 heterocycles. The van der Waals surface area contributed by atoms with Gasteiger partial charge in [-0.2, -0.15) is 0 Å². The van der Waals surface area contributed by atoms with Crippen molar-refractivity contribution in [2.45, 2.75) is 19.4 Å². The van der Waals surface area contributed by atoms with Crippen LogP contribution in [0.15, 0.2) is 54.2 Å². The zero-order chi connectivity index (χ0) is 19.7. The lowest BCUT2D eigenvalue weighted by atomic mass is 10.0. The molecule has 144 valence electrons. The molecule has 0 atom stereocenters. The van der Waals surface area contributed by atoms with E-state index in [1.165, 1.54) is 17.0 Å². The topological polar surface area (TPSA) is 49.9 Å². The second-order valence-corrected chi connectivity index (χ2v) is 6.97. The number of benzene rings is 2. The van der Waals surface area contributed by atoms with Crippen molar-refractivity contribution >= 4 is 17.4 Å². The van der Waals surface area contributed by atoms with E-state index in [9.17, 15) is 14.0 Å². The highest BCUT2D eigenvalue weighted by Gasteiger charge is 2.42. The van der Waals surface area contributed by atoms with Crippen molar-refractivity contribution in [1.29, 1.82) is 0 Å². The number of hydrogen-bond acceptors (Lipinski definition) is 4. The van der Waals surface area contributed by atoms with Crippen molar-refractivity contribution in [3.63, 3.8) is 0 Å². The van der Waals surface area contributed by atoms with Crippen LogP contribution in [0.3, 0.4) is 0 Å². The van der Waals surface area contributed by atoms with Gasteiger partial charge in [-0.25, -0.2) is 4.39 Å². The normalized spacial score (nSPS) is 17.1. The average molecular weight is 380 g/mol. The van der Waals surface area contributed by atoms with Gasteiger partial charge in [0.2, 0.25) is 0 Å². The molecule has 6 heteroatoms. The first-order valence-corrected chi connectivity index (χ1v) is 9.33. The van der Waals surface area contributed by atoms with E-state index in [1.807, 2.05) is 4.90 Å². The van der Waals surface area contributed by atoms with E-state index in [0.29, 0.717) is 28.1 Å². The molecular weight excluding hydrogens is 359 g/mol. The van der Waals surface area contributed by atoms with Crippen LogP contribution >= 0.6 is 0 Å². The first-order chi connectivity index (χ1) is 13.6. The summed E-state index contributed by atoms with van der Waals surface area (Å²) in [6.07, 6.45) is 2.00. The lowest BCUT2D eigenvalue weighted by Crippen LogP contribution is -2.34. The summed E-state index contributed by atoms with van der Waals surface area (Å²) in [5, 5.41) is 0. The van der Waals surface area contributed by atoms with E-state index in [4.69, 9.17) is 4.74 Å². The third-order valence-electron chi connectivity index (χ3n) is 5.20. The molecule has 2 aliphatic rings. The Labute approximate surface area is 163 Å². The number of carbonyl (C=O) groups excluding carboxylic acids is 2. The third-order valence-corrected chi connectivity index (χ3v) is 5.20. The molecule has 0 N–H and O–H groups in total. The van der Waals surface area contributed by atoms with Crippen LogP contribution in [-0.4, -0.2) is 41.8 Å². The number of halogens is 1. The minimum atomic E-state index is -0.349. The molecule has 0 radical (unpaired) electrons. The maximum absolute atomic E-state index is 13.2. The van der Waals surface area contributed by atoms with Crippen LogP contribution in [-0.2, 0) is 16.1 Å². The van der Waals surface area contributed by atoms with Gasteiger partial charge in [-0.15, -0.1) is 0 Å². The van der Waals surface area contributed by atoms with Gasteiger partial charge in [-0.05, 0) is 48.2 Å². The van der Waals surface area contributed by atoms with Crippen LogP contribution in [0.25, 0.3) is 5.57 Å². The molecule has 0 bridgehead atoms. The summed E-state index contributed by atoms with van der Waals surface area (Å²) >= 11 is 0. The summed E-state index contributed by atoms with van der Waals surface area (Å²) < 4.78 is 18.4. The minimum absolute atomic E-state index is 0.120. The average Bonchev–Trinajstić information content (AvgIpc) is 3.32. The molecule has 2 aliphatic heterocycles. The molecular formula is C22H21FN2O3. The van der Waals surface area contributed by atoms with Crippen LogP contribution in [0.5, 0.6) is 5.75 Å². The van der Waals surface area contributed by atoms with Gasteiger partial charge in [-0.1, -0.05) is 24.3 Å². The van der Waals surface area contributed by atoms with Crippen LogP contribution < -0.4 is 4.74 Å². The minimum Gasteiger partial charge on any atom is -0.497 e. The SMILES string of the molecule is COc1ccc(C2=C(N3CCCC3)C(=O)N(Cc3ccc(F)cc3)C2=O)cc1. The van der Waals surface area contributed by atoms with Crippen LogP contribution in [0.4, 0.5) is 4.39 Å². The van der Waals surface area contributed by atoms with Crippen LogP contribution in [0.1, 0.15) is 24.0 Å². The van der Waals surface area contributed by atoms with Gasteiger partial charge >= 0.3 is 0 Å². The van der Waals surface area contributed by atoms with Gasteiger partial charge in [0.15, 0.2) is 0 Å². The molecule has 4 rings (SSSR count). The Morgan fingerprint density at radius 1 is 0.929 bits per heavy atom. The number of ether oxygens (including phenoxy) is 1. The standard InChI is InChI=1S/C22H21FN2O3/c1-28-18-10-6-16(7-11-18)19-20(24-12-2-3-13-24)22(27)25(21(19)26)14-15-4-8-17(23)9-5-15/h4-11H,2-3,12-14H2,1H3. The first kappa shape index (κ1) is 18.2. The van der Waals surface area contributed by atoms with Crippen LogP contribution in [0.2, 0.25) is 0 Å². The van der Waals surface area contributed by atoms with E-state index >= 15 is 0 Å². The number of amides is 2. The predicted molar refractivity (Wildman–Crippen MR) is 103 cm³/mol. The highest BCUT2D eigenvalue weighted by atomic mass is 19.1. The number of imide groups is 1. The molecule has 1 fully saturated rings. The Hall–Kier alpha value is -3.15. The number of nitrogens with zero attached hydrogens (tertiary/aromatic N) is 2. The summed E-state index contributed by atoms with van der Waals surface area (Å²) in [4.78, 5) is 29.7. The molecule has 0 aromatic heterocycles. The molecule has 2 amide bonds. The van der Waals surface area contributed by atoms with Crippen molar-refractivity contribution in [2.75, 3.05) is 20.2 Å². The molecule has 2 aromatic rings. The zero-order valence-electron chi connectivity index (χ0n) is 15.7. The fourth-order valence-corrected chi connectivity index (χ4v) is 3.73. The molecule has 2 aromatic carbocycles. The van der Waals surface area contributed by atoms with E-state index in [2.05, 4.69) is 0 Å². The number of carbonyl (C=O) groups is 2. The van der Waals surface area contributed by atoms with Crippen molar-refractivity contribution in [3.8, 4) is 5.75 Å². The van der Waals surface area contributed by atoms with Gasteiger partial charge < -0.3 is 9.64 Å². The summed E-state index contributed by atoms with van der Waals surface area (Å²) in [5.41, 5.74) is 2.30. The number of hydrogen-bond donors (Lipinski definition) is 0. The maximum Gasteiger partial charge on any atom is 0.278 e. The monoisotopic (exact) mass is 380 g/mol. The molecule has 1 saturated heterocycles. The maximum atomic E-state index is 13.2. The highest BCUT2D eigenvalue weighted by molar-refractivity contribution is 6.35. The molecule has 0 spiro atoms. The molecule has 28 heavy (non-hydrogen) atoms. The van der Waals surface area contributed by atoms with Crippen molar-refractivity contribution in [3.05, 3.63) is 71.2 Å². The predicted octanol–water partition coefficient (Wildman–Crippen LogP) is 3.21. The van der Waals surface area contributed by atoms with Gasteiger partial charge in [0.25, 0.3) is 11.8 Å². The number of rotatable bonds is 5. The quantitative estimate of drug-likeness (QED) is 0.748. The van der Waals surface area contributed by atoms with Gasteiger partial charge in [0.05, 0.1) is 19.2 Å². The van der Waals surface area contributed by atoms with Crippen molar-refractivity contribution < 1.29 is 18.7 Å². The van der Waals surface area contributed by atoms with Gasteiger partial charge in [0.1, 0.15) is 17.3 Å². The smallest absolute Gasteiger partial charge is 0.278 e. The largest absolute Gasteiger partial charge is 0.497 e.